The molecule has 0 amide bonds. The van der Waals surface area contributed by atoms with Crippen molar-refractivity contribution in [2.75, 3.05) is 0 Å². The summed E-state index contributed by atoms with van der Waals surface area (Å²) in [6, 6.07) is 9.89. The maximum Gasteiger partial charge on any atom is 0.342 e. The van der Waals surface area contributed by atoms with E-state index in [1.54, 1.807) is 0 Å². The summed E-state index contributed by atoms with van der Waals surface area (Å²) in [5.74, 6) is -0.276. The van der Waals surface area contributed by atoms with Gasteiger partial charge in [0.25, 0.3) is 0 Å². The predicted molar refractivity (Wildman–Crippen MR) is 81.5 cm³/mol. The summed E-state index contributed by atoms with van der Waals surface area (Å²) >= 11 is 0. The Labute approximate surface area is 124 Å². The van der Waals surface area contributed by atoms with Crippen LogP contribution in [-0.2, 0) is 11.2 Å². The maximum absolute atomic E-state index is 12.3. The van der Waals surface area contributed by atoms with Gasteiger partial charge in [-0.2, -0.15) is 5.10 Å². The topological polar surface area (TPSA) is 44.1 Å². The molecule has 1 aromatic heterocycles. The number of esters is 1. The van der Waals surface area contributed by atoms with Crippen molar-refractivity contribution in [2.24, 2.45) is 0 Å². The second-order valence-corrected chi connectivity index (χ2v) is 5.31. The minimum Gasteiger partial charge on any atom is -0.459 e. The molecule has 0 radical (unpaired) electrons. The van der Waals surface area contributed by atoms with E-state index in [9.17, 15) is 4.79 Å². The first-order chi connectivity index (χ1) is 10.1. The van der Waals surface area contributed by atoms with Crippen LogP contribution in [0.5, 0.6) is 0 Å². The fourth-order valence-corrected chi connectivity index (χ4v) is 2.61. The van der Waals surface area contributed by atoms with Crippen molar-refractivity contribution in [1.29, 1.82) is 0 Å². The summed E-state index contributed by atoms with van der Waals surface area (Å²) < 4.78 is 7.25. The number of benzene rings is 1. The van der Waals surface area contributed by atoms with Crippen LogP contribution in [0.2, 0.25) is 0 Å². The van der Waals surface area contributed by atoms with Gasteiger partial charge in [0, 0.05) is 6.42 Å². The summed E-state index contributed by atoms with van der Waals surface area (Å²) in [5.41, 5.74) is 4.19. The Morgan fingerprint density at radius 3 is 2.76 bits per heavy atom. The van der Waals surface area contributed by atoms with E-state index in [-0.39, 0.29) is 12.1 Å². The Morgan fingerprint density at radius 1 is 1.38 bits per heavy atom. The summed E-state index contributed by atoms with van der Waals surface area (Å²) in [4.78, 5) is 12.3. The molecule has 0 saturated carbocycles. The van der Waals surface area contributed by atoms with Crippen LogP contribution in [0.4, 0.5) is 0 Å². The number of allylic oxidation sites excluding steroid dienone is 2. The third-order valence-electron chi connectivity index (χ3n) is 3.78. The van der Waals surface area contributed by atoms with Crippen molar-refractivity contribution in [2.45, 2.75) is 33.3 Å². The molecule has 4 heteroatoms. The normalized spacial score (nSPS) is 18.3. The van der Waals surface area contributed by atoms with Crippen molar-refractivity contribution in [1.82, 2.24) is 9.78 Å². The Morgan fingerprint density at radius 2 is 2.10 bits per heavy atom. The zero-order valence-corrected chi connectivity index (χ0v) is 12.5. The van der Waals surface area contributed by atoms with Gasteiger partial charge in [0.2, 0.25) is 0 Å². The van der Waals surface area contributed by atoms with Gasteiger partial charge in [-0.15, -0.1) is 0 Å². The van der Waals surface area contributed by atoms with Crippen LogP contribution in [0.1, 0.15) is 42.5 Å². The number of ether oxygens (including phenoxy) is 1. The van der Waals surface area contributed by atoms with Crippen molar-refractivity contribution >= 4 is 11.5 Å². The molecule has 3 rings (SSSR count). The van der Waals surface area contributed by atoms with Gasteiger partial charge in [0.05, 0.1) is 11.4 Å². The van der Waals surface area contributed by atoms with Crippen molar-refractivity contribution < 1.29 is 9.53 Å². The van der Waals surface area contributed by atoms with E-state index in [0.717, 1.165) is 17.0 Å². The molecule has 2 heterocycles. The molecular formula is C17H18N2O2. The van der Waals surface area contributed by atoms with Crippen LogP contribution in [0.25, 0.3) is 11.3 Å². The average Bonchev–Trinajstić information content (AvgIpc) is 2.87. The van der Waals surface area contributed by atoms with E-state index in [1.807, 2.05) is 61.9 Å². The first kappa shape index (κ1) is 13.6. The molecule has 1 atom stereocenters. The average molecular weight is 282 g/mol. The predicted octanol–water partition coefficient (Wildman–Crippen LogP) is 3.40. The van der Waals surface area contributed by atoms with Gasteiger partial charge in [0.1, 0.15) is 17.4 Å². The van der Waals surface area contributed by atoms with Crippen LogP contribution in [0, 0.1) is 0 Å². The number of aromatic nitrogens is 2. The third kappa shape index (κ3) is 2.27. The lowest BCUT2D eigenvalue weighted by Crippen LogP contribution is -2.26. The van der Waals surface area contributed by atoms with E-state index < -0.39 is 0 Å². The Balaban J connectivity index is 2.25. The fraction of sp³-hybridized carbons (Fsp3) is 0.294. The molecule has 2 aromatic rings. The molecule has 4 nitrogen and oxygen atoms in total. The lowest BCUT2D eigenvalue weighted by Gasteiger charge is -2.20. The number of rotatable bonds is 2. The van der Waals surface area contributed by atoms with Gasteiger partial charge in [-0.1, -0.05) is 24.3 Å². The highest BCUT2D eigenvalue weighted by Crippen LogP contribution is 2.29. The van der Waals surface area contributed by atoms with Crippen LogP contribution in [0.3, 0.4) is 0 Å². The monoisotopic (exact) mass is 282 g/mol. The lowest BCUT2D eigenvalue weighted by molar-refractivity contribution is 0.0297. The standard InChI is InChI=1S/C17H18N2O2/c1-4-11(2)16-15-14(10-12(3)21-17(15)20)19(18-16)13-8-6-5-7-9-13/h4-9,12H,10H2,1-3H3/b11-4-. The first-order valence-corrected chi connectivity index (χ1v) is 7.13. The highest BCUT2D eigenvalue weighted by molar-refractivity contribution is 5.96. The Bertz CT molecular complexity index is 714. The van der Waals surface area contributed by atoms with Crippen LogP contribution in [0.15, 0.2) is 36.4 Å². The number of fused-ring (bicyclic) bond motifs is 1. The molecule has 0 aliphatic carbocycles. The molecule has 0 N–H and O–H groups in total. The highest BCUT2D eigenvalue weighted by Gasteiger charge is 2.32. The number of nitrogens with zero attached hydrogens (tertiary/aromatic N) is 2. The fourth-order valence-electron chi connectivity index (χ4n) is 2.61. The molecule has 21 heavy (non-hydrogen) atoms. The van der Waals surface area contributed by atoms with E-state index in [0.29, 0.717) is 17.7 Å². The maximum atomic E-state index is 12.3. The number of carbonyl (C=O) groups is 1. The quantitative estimate of drug-likeness (QED) is 0.793. The zero-order chi connectivity index (χ0) is 15.0. The van der Waals surface area contributed by atoms with E-state index in [2.05, 4.69) is 5.10 Å². The number of carbonyl (C=O) groups excluding carboxylic acids is 1. The van der Waals surface area contributed by atoms with Gasteiger partial charge in [-0.05, 0) is 38.5 Å². The Hall–Kier alpha value is -2.36. The third-order valence-corrected chi connectivity index (χ3v) is 3.78. The van der Waals surface area contributed by atoms with E-state index in [1.165, 1.54) is 0 Å². The van der Waals surface area contributed by atoms with Gasteiger partial charge in [-0.25, -0.2) is 9.48 Å². The molecule has 1 aliphatic rings. The molecule has 1 aromatic carbocycles. The SMILES string of the molecule is C/C=C(/C)c1nn(-c2ccccc2)c2c1C(=O)OC(C)C2. The number of para-hydroxylation sites is 1. The summed E-state index contributed by atoms with van der Waals surface area (Å²) in [6.45, 7) is 5.81. The van der Waals surface area contributed by atoms with Crippen LogP contribution >= 0.6 is 0 Å². The van der Waals surface area contributed by atoms with Crippen LogP contribution < -0.4 is 0 Å². The molecule has 0 fully saturated rings. The van der Waals surface area contributed by atoms with Crippen molar-refractivity contribution in [3.8, 4) is 5.69 Å². The molecule has 1 unspecified atom stereocenters. The van der Waals surface area contributed by atoms with Crippen molar-refractivity contribution in [3.05, 3.63) is 53.4 Å². The second kappa shape index (κ2) is 5.20. The molecule has 0 saturated heterocycles. The smallest absolute Gasteiger partial charge is 0.342 e. The second-order valence-electron chi connectivity index (χ2n) is 5.31. The van der Waals surface area contributed by atoms with E-state index in [4.69, 9.17) is 4.74 Å². The minimum absolute atomic E-state index is 0.122. The molecule has 0 bridgehead atoms. The van der Waals surface area contributed by atoms with Gasteiger partial charge >= 0.3 is 5.97 Å². The Kier molecular flexibility index (Phi) is 3.37. The molecular weight excluding hydrogens is 264 g/mol. The van der Waals surface area contributed by atoms with Gasteiger partial charge in [-0.3, -0.25) is 0 Å². The molecule has 0 spiro atoms. The zero-order valence-electron chi connectivity index (χ0n) is 12.5. The lowest BCUT2D eigenvalue weighted by atomic mass is 10.0. The van der Waals surface area contributed by atoms with Crippen LogP contribution in [-0.4, -0.2) is 21.9 Å². The number of cyclic esters (lactones) is 1. The summed E-state index contributed by atoms with van der Waals surface area (Å²) in [7, 11) is 0. The van der Waals surface area contributed by atoms with E-state index >= 15 is 0 Å². The molecule has 1 aliphatic heterocycles. The first-order valence-electron chi connectivity index (χ1n) is 7.13. The highest BCUT2D eigenvalue weighted by atomic mass is 16.5. The number of hydrogen-bond donors (Lipinski definition) is 0. The largest absolute Gasteiger partial charge is 0.459 e. The van der Waals surface area contributed by atoms with Gasteiger partial charge < -0.3 is 4.74 Å². The van der Waals surface area contributed by atoms with Gasteiger partial charge in [0.15, 0.2) is 0 Å². The summed E-state index contributed by atoms with van der Waals surface area (Å²) in [6.07, 6.45) is 2.52. The number of hydrogen-bond acceptors (Lipinski definition) is 3. The van der Waals surface area contributed by atoms with Crippen molar-refractivity contribution in [3.63, 3.8) is 0 Å². The summed E-state index contributed by atoms with van der Waals surface area (Å²) in [5, 5.41) is 4.67. The minimum atomic E-state index is -0.276. The molecule has 108 valence electrons.